The van der Waals surface area contributed by atoms with Crippen LogP contribution in [0.3, 0.4) is 0 Å². The molecule has 1 atom stereocenters. The van der Waals surface area contributed by atoms with E-state index in [1.165, 1.54) is 45.2 Å². The van der Waals surface area contributed by atoms with E-state index in [-0.39, 0.29) is 5.54 Å². The molecule has 0 spiro atoms. The molecule has 0 bridgehead atoms. The Kier molecular flexibility index (Phi) is 6.32. The Bertz CT molecular complexity index is 179. The molecule has 3 nitrogen and oxygen atoms in total. The maximum atomic E-state index is 5.97. The largest absolute Gasteiger partial charge is 0.385 e. The van der Waals surface area contributed by atoms with Gasteiger partial charge in [-0.3, -0.25) is 4.90 Å². The summed E-state index contributed by atoms with van der Waals surface area (Å²) in [5.74, 6) is 0. The lowest BCUT2D eigenvalue weighted by Gasteiger charge is -2.41. The third-order valence-electron chi connectivity index (χ3n) is 3.90. The Morgan fingerprint density at radius 3 is 2.19 bits per heavy atom. The number of nitrogens with two attached hydrogens (primary N) is 1. The fourth-order valence-electron chi connectivity index (χ4n) is 2.50. The van der Waals surface area contributed by atoms with E-state index in [2.05, 4.69) is 11.8 Å². The van der Waals surface area contributed by atoms with Crippen LogP contribution < -0.4 is 5.73 Å². The second kappa shape index (κ2) is 7.25. The third-order valence-corrected chi connectivity index (χ3v) is 3.90. The Labute approximate surface area is 100 Å². The van der Waals surface area contributed by atoms with Gasteiger partial charge in [-0.05, 0) is 39.3 Å². The van der Waals surface area contributed by atoms with Crippen molar-refractivity contribution >= 4 is 0 Å². The molecule has 1 fully saturated rings. The Morgan fingerprint density at radius 1 is 1.12 bits per heavy atom. The highest BCUT2D eigenvalue weighted by molar-refractivity contribution is 4.87. The number of ether oxygens (including phenoxy) is 1. The van der Waals surface area contributed by atoms with Crippen LogP contribution >= 0.6 is 0 Å². The van der Waals surface area contributed by atoms with Crippen molar-refractivity contribution in [3.63, 3.8) is 0 Å². The first kappa shape index (κ1) is 13.9. The second-order valence-electron chi connectivity index (χ2n) is 5.20. The number of methoxy groups -OCH3 is 1. The van der Waals surface area contributed by atoms with Crippen molar-refractivity contribution in [2.75, 3.05) is 33.4 Å². The van der Waals surface area contributed by atoms with Gasteiger partial charge in [0.2, 0.25) is 0 Å². The van der Waals surface area contributed by atoms with Crippen molar-refractivity contribution in [2.24, 2.45) is 5.73 Å². The lowest BCUT2D eigenvalue weighted by Crippen LogP contribution is -2.53. The average molecular weight is 228 g/mol. The van der Waals surface area contributed by atoms with Gasteiger partial charge in [0.05, 0.1) is 0 Å². The summed E-state index contributed by atoms with van der Waals surface area (Å²) in [5.41, 5.74) is 6.10. The molecule has 0 saturated carbocycles. The van der Waals surface area contributed by atoms with Crippen LogP contribution in [0, 0.1) is 0 Å². The van der Waals surface area contributed by atoms with Crippen LogP contribution in [0.1, 0.15) is 45.4 Å². The first-order valence-corrected chi connectivity index (χ1v) is 6.67. The smallest absolute Gasteiger partial charge is 0.0480 e. The van der Waals surface area contributed by atoms with Crippen molar-refractivity contribution in [1.82, 2.24) is 4.90 Å². The fraction of sp³-hybridized carbons (Fsp3) is 1.00. The van der Waals surface area contributed by atoms with Crippen LogP contribution in [-0.2, 0) is 4.74 Å². The quantitative estimate of drug-likeness (QED) is 0.782. The van der Waals surface area contributed by atoms with Gasteiger partial charge in [0.15, 0.2) is 0 Å². The highest BCUT2D eigenvalue weighted by Crippen LogP contribution is 2.22. The minimum atomic E-state index is 0.132. The minimum absolute atomic E-state index is 0.132. The van der Waals surface area contributed by atoms with E-state index < -0.39 is 0 Å². The van der Waals surface area contributed by atoms with E-state index in [0.717, 1.165) is 19.6 Å². The molecule has 0 amide bonds. The highest BCUT2D eigenvalue weighted by atomic mass is 16.5. The first-order valence-electron chi connectivity index (χ1n) is 6.67. The van der Waals surface area contributed by atoms with Gasteiger partial charge in [0.1, 0.15) is 0 Å². The molecular weight excluding hydrogens is 200 g/mol. The minimum Gasteiger partial charge on any atom is -0.385 e. The average Bonchev–Trinajstić information content (AvgIpc) is 2.25. The Balaban J connectivity index is 2.52. The molecule has 1 aliphatic rings. The van der Waals surface area contributed by atoms with Crippen molar-refractivity contribution in [2.45, 2.75) is 51.0 Å². The molecule has 2 N–H and O–H groups in total. The second-order valence-corrected chi connectivity index (χ2v) is 5.20. The van der Waals surface area contributed by atoms with E-state index in [9.17, 15) is 0 Å². The van der Waals surface area contributed by atoms with Gasteiger partial charge in [-0.15, -0.1) is 0 Å². The summed E-state index contributed by atoms with van der Waals surface area (Å²) in [6, 6.07) is 0. The summed E-state index contributed by atoms with van der Waals surface area (Å²) in [6.45, 7) is 6.24. The van der Waals surface area contributed by atoms with Gasteiger partial charge in [0.25, 0.3) is 0 Å². The third kappa shape index (κ3) is 4.04. The molecule has 1 rings (SSSR count). The number of nitrogens with zero attached hydrogens (tertiary/aromatic N) is 1. The summed E-state index contributed by atoms with van der Waals surface area (Å²) in [5, 5.41) is 0. The molecule has 1 aliphatic heterocycles. The van der Waals surface area contributed by atoms with Gasteiger partial charge in [-0.1, -0.05) is 19.3 Å². The van der Waals surface area contributed by atoms with E-state index in [1.807, 2.05) is 0 Å². The molecule has 96 valence electrons. The summed E-state index contributed by atoms with van der Waals surface area (Å²) in [6.07, 6.45) is 7.85. The lowest BCUT2D eigenvalue weighted by molar-refractivity contribution is 0.0618. The SMILES string of the molecule is COCCC(C)(CN)N1CCCCCCC1. The predicted octanol–water partition coefficient (Wildman–Crippen LogP) is 2.01. The maximum Gasteiger partial charge on any atom is 0.0480 e. The van der Waals surface area contributed by atoms with Crippen molar-refractivity contribution in [3.05, 3.63) is 0 Å². The molecule has 0 aromatic rings. The predicted molar refractivity (Wildman–Crippen MR) is 68.6 cm³/mol. The molecule has 0 radical (unpaired) electrons. The zero-order chi connectivity index (χ0) is 11.9. The summed E-state index contributed by atoms with van der Waals surface area (Å²) in [7, 11) is 1.77. The molecular formula is C13H28N2O. The zero-order valence-corrected chi connectivity index (χ0v) is 11.0. The van der Waals surface area contributed by atoms with Gasteiger partial charge in [-0.2, -0.15) is 0 Å². The summed E-state index contributed by atoms with van der Waals surface area (Å²) in [4.78, 5) is 2.59. The van der Waals surface area contributed by atoms with Crippen LogP contribution in [0.25, 0.3) is 0 Å². The van der Waals surface area contributed by atoms with Crippen LogP contribution in [-0.4, -0.2) is 43.8 Å². The molecule has 1 saturated heterocycles. The molecule has 0 aromatic carbocycles. The molecule has 1 unspecified atom stereocenters. The van der Waals surface area contributed by atoms with E-state index in [4.69, 9.17) is 10.5 Å². The van der Waals surface area contributed by atoms with Crippen LogP contribution in [0.5, 0.6) is 0 Å². The number of hydrogen-bond acceptors (Lipinski definition) is 3. The van der Waals surface area contributed by atoms with E-state index in [1.54, 1.807) is 7.11 Å². The van der Waals surface area contributed by atoms with Crippen molar-refractivity contribution < 1.29 is 4.74 Å². The van der Waals surface area contributed by atoms with Gasteiger partial charge < -0.3 is 10.5 Å². The summed E-state index contributed by atoms with van der Waals surface area (Å²) >= 11 is 0. The Morgan fingerprint density at radius 2 is 1.69 bits per heavy atom. The monoisotopic (exact) mass is 228 g/mol. The topological polar surface area (TPSA) is 38.5 Å². The first-order chi connectivity index (χ1) is 7.73. The maximum absolute atomic E-state index is 5.97. The van der Waals surface area contributed by atoms with Crippen LogP contribution in [0.2, 0.25) is 0 Å². The van der Waals surface area contributed by atoms with Crippen LogP contribution in [0.15, 0.2) is 0 Å². The molecule has 16 heavy (non-hydrogen) atoms. The number of likely N-dealkylation sites (tertiary alicyclic amines) is 1. The van der Waals surface area contributed by atoms with Gasteiger partial charge in [-0.25, -0.2) is 0 Å². The van der Waals surface area contributed by atoms with Gasteiger partial charge in [0, 0.05) is 25.8 Å². The normalized spacial score (nSPS) is 23.4. The lowest BCUT2D eigenvalue weighted by atomic mass is 9.93. The zero-order valence-electron chi connectivity index (χ0n) is 11.0. The Hall–Kier alpha value is -0.120. The highest BCUT2D eigenvalue weighted by Gasteiger charge is 2.29. The van der Waals surface area contributed by atoms with Gasteiger partial charge >= 0.3 is 0 Å². The molecule has 3 heteroatoms. The fourth-order valence-corrected chi connectivity index (χ4v) is 2.50. The number of rotatable bonds is 5. The van der Waals surface area contributed by atoms with Crippen LogP contribution in [0.4, 0.5) is 0 Å². The van der Waals surface area contributed by atoms with E-state index in [0.29, 0.717) is 0 Å². The molecule has 0 aliphatic carbocycles. The van der Waals surface area contributed by atoms with E-state index >= 15 is 0 Å². The molecule has 1 heterocycles. The molecule has 0 aromatic heterocycles. The summed E-state index contributed by atoms with van der Waals surface area (Å²) < 4.78 is 5.20. The number of hydrogen-bond donors (Lipinski definition) is 1. The van der Waals surface area contributed by atoms with Crippen molar-refractivity contribution in [3.8, 4) is 0 Å². The standard InChI is InChI=1S/C13H28N2O/c1-13(12-14,8-11-16-2)15-9-6-4-3-5-7-10-15/h3-12,14H2,1-2H3. The van der Waals surface area contributed by atoms with Crippen molar-refractivity contribution in [1.29, 1.82) is 0 Å².